The molecular weight excluding hydrogens is 282 g/mol. The number of hydrogen-bond donors (Lipinski definition) is 1. The fraction of sp³-hybridized carbons (Fsp3) is 0.857. The molecule has 0 aromatic rings. The zero-order chi connectivity index (χ0) is 16.0. The molecule has 21 heavy (non-hydrogen) atoms. The molecule has 5 nitrogen and oxygen atoms in total. The van der Waals surface area contributed by atoms with E-state index in [-0.39, 0.29) is 31.5 Å². The molecule has 0 radical (unpaired) electrons. The van der Waals surface area contributed by atoms with Crippen molar-refractivity contribution in [1.82, 2.24) is 9.80 Å². The van der Waals surface area contributed by atoms with Crippen LogP contribution in [0.1, 0.15) is 26.7 Å². The quantitative estimate of drug-likeness (QED) is 0.795. The number of likely N-dealkylation sites (tertiary alicyclic amines) is 1. The van der Waals surface area contributed by atoms with Crippen molar-refractivity contribution < 1.29 is 23.5 Å². The van der Waals surface area contributed by atoms with Crippen LogP contribution in [-0.2, 0) is 9.59 Å². The number of carbonyl (C=O) groups is 2. The van der Waals surface area contributed by atoms with Gasteiger partial charge >= 0.3 is 0 Å². The number of alkyl halides is 2. The second-order valence-electron chi connectivity index (χ2n) is 5.68. The summed E-state index contributed by atoms with van der Waals surface area (Å²) in [5, 5.41) is 8.91. The Morgan fingerprint density at radius 3 is 2.57 bits per heavy atom. The molecule has 0 spiro atoms. The van der Waals surface area contributed by atoms with Crippen molar-refractivity contribution in [3.63, 3.8) is 0 Å². The van der Waals surface area contributed by atoms with Gasteiger partial charge in [0.25, 0.3) is 6.43 Å². The number of rotatable bonds is 6. The predicted molar refractivity (Wildman–Crippen MR) is 73.8 cm³/mol. The third-order valence-electron chi connectivity index (χ3n) is 3.62. The Balaban J connectivity index is 2.68. The molecule has 1 heterocycles. The summed E-state index contributed by atoms with van der Waals surface area (Å²) in [6.07, 6.45) is -1.35. The lowest BCUT2D eigenvalue weighted by molar-refractivity contribution is -0.144. The topological polar surface area (TPSA) is 60.9 Å². The molecule has 1 N–H and O–H groups in total. The maximum atomic E-state index is 12.5. The van der Waals surface area contributed by atoms with Crippen molar-refractivity contribution in [2.45, 2.75) is 33.1 Å². The van der Waals surface area contributed by atoms with Gasteiger partial charge in [-0.2, -0.15) is 0 Å². The second-order valence-corrected chi connectivity index (χ2v) is 5.68. The van der Waals surface area contributed by atoms with Crippen LogP contribution in [0, 0.1) is 11.8 Å². The smallest absolute Gasteiger partial charge is 0.255 e. The van der Waals surface area contributed by atoms with Gasteiger partial charge in [-0.15, -0.1) is 0 Å². The molecule has 122 valence electrons. The lowest BCUT2D eigenvalue weighted by Gasteiger charge is -2.35. The van der Waals surface area contributed by atoms with Crippen molar-refractivity contribution in [1.29, 1.82) is 0 Å². The van der Waals surface area contributed by atoms with Crippen LogP contribution in [0.3, 0.4) is 0 Å². The fourth-order valence-corrected chi connectivity index (χ4v) is 2.58. The van der Waals surface area contributed by atoms with Gasteiger partial charge in [0.2, 0.25) is 11.8 Å². The first-order valence-electron chi connectivity index (χ1n) is 7.33. The van der Waals surface area contributed by atoms with E-state index in [1.54, 1.807) is 18.7 Å². The summed E-state index contributed by atoms with van der Waals surface area (Å²) >= 11 is 0. The van der Waals surface area contributed by atoms with E-state index in [4.69, 9.17) is 5.11 Å². The van der Waals surface area contributed by atoms with Crippen LogP contribution in [0.25, 0.3) is 0 Å². The minimum Gasteiger partial charge on any atom is -0.395 e. The van der Waals surface area contributed by atoms with Gasteiger partial charge in [0.1, 0.15) is 0 Å². The van der Waals surface area contributed by atoms with Crippen LogP contribution >= 0.6 is 0 Å². The summed E-state index contributed by atoms with van der Waals surface area (Å²) in [6.45, 7) is 3.35. The van der Waals surface area contributed by atoms with Gasteiger partial charge in [-0.25, -0.2) is 8.78 Å². The Morgan fingerprint density at radius 1 is 1.38 bits per heavy atom. The summed E-state index contributed by atoms with van der Waals surface area (Å²) in [4.78, 5) is 26.9. The Kier molecular flexibility index (Phi) is 7.01. The number of halogens is 2. The van der Waals surface area contributed by atoms with E-state index in [9.17, 15) is 18.4 Å². The van der Waals surface area contributed by atoms with Crippen LogP contribution in [-0.4, -0.2) is 65.9 Å². The first-order valence-corrected chi connectivity index (χ1v) is 7.33. The lowest BCUT2D eigenvalue weighted by atomic mass is 9.95. The molecule has 0 saturated carbocycles. The minimum atomic E-state index is -2.63. The Hall–Kier alpha value is -1.24. The normalized spacial score (nSPS) is 19.2. The zero-order valence-electron chi connectivity index (χ0n) is 12.6. The number of hydrogen-bond acceptors (Lipinski definition) is 3. The number of aliphatic hydroxyl groups is 1. The summed E-state index contributed by atoms with van der Waals surface area (Å²) in [5.74, 6) is -1.01. The molecular formula is C14H24F2N2O3. The maximum absolute atomic E-state index is 12.5. The van der Waals surface area contributed by atoms with E-state index >= 15 is 0 Å². The van der Waals surface area contributed by atoms with Crippen molar-refractivity contribution >= 4 is 11.8 Å². The molecule has 7 heteroatoms. The first-order chi connectivity index (χ1) is 9.86. The first kappa shape index (κ1) is 17.8. The van der Waals surface area contributed by atoms with Gasteiger partial charge in [-0.1, -0.05) is 13.8 Å². The predicted octanol–water partition coefficient (Wildman–Crippen LogP) is 0.967. The molecule has 1 fully saturated rings. The number of amides is 2. The Labute approximate surface area is 123 Å². The summed E-state index contributed by atoms with van der Waals surface area (Å²) in [5.41, 5.74) is 0. The van der Waals surface area contributed by atoms with Gasteiger partial charge in [-0.05, 0) is 12.8 Å². The van der Waals surface area contributed by atoms with Crippen molar-refractivity contribution in [3.8, 4) is 0 Å². The standard InChI is InChI=1S/C14H24F2N2O3/c1-10(2)13(20)17-5-3-4-11(8-17)14(21)18(6-7-19)9-12(15)16/h10-12,19H,3-9H2,1-2H3. The molecule has 2 amide bonds. The second kappa shape index (κ2) is 8.26. The molecule has 1 saturated heterocycles. The maximum Gasteiger partial charge on any atom is 0.255 e. The molecule has 0 aromatic heterocycles. The summed E-state index contributed by atoms with van der Waals surface area (Å²) < 4.78 is 25.0. The molecule has 0 aromatic carbocycles. The Bertz CT molecular complexity index is 364. The monoisotopic (exact) mass is 306 g/mol. The van der Waals surface area contributed by atoms with Gasteiger partial charge in [-0.3, -0.25) is 9.59 Å². The molecule has 1 rings (SSSR count). The molecule has 0 aliphatic carbocycles. The highest BCUT2D eigenvalue weighted by Gasteiger charge is 2.32. The minimum absolute atomic E-state index is 0.0185. The van der Waals surface area contributed by atoms with Crippen molar-refractivity contribution in [3.05, 3.63) is 0 Å². The summed E-state index contributed by atoms with van der Waals surface area (Å²) in [6, 6.07) is 0. The SMILES string of the molecule is CC(C)C(=O)N1CCCC(C(=O)N(CCO)CC(F)F)C1. The molecule has 1 unspecified atom stereocenters. The van der Waals surface area contributed by atoms with E-state index < -0.39 is 24.8 Å². The van der Waals surface area contributed by atoms with E-state index in [0.717, 1.165) is 4.90 Å². The third-order valence-corrected chi connectivity index (χ3v) is 3.62. The lowest BCUT2D eigenvalue weighted by Crippen LogP contribution is -2.49. The number of nitrogens with zero attached hydrogens (tertiary/aromatic N) is 2. The summed E-state index contributed by atoms with van der Waals surface area (Å²) in [7, 11) is 0. The third kappa shape index (κ3) is 5.22. The average molecular weight is 306 g/mol. The average Bonchev–Trinajstić information content (AvgIpc) is 2.44. The van der Waals surface area contributed by atoms with Crippen molar-refractivity contribution in [2.24, 2.45) is 11.8 Å². The molecule has 1 aliphatic rings. The van der Waals surface area contributed by atoms with Gasteiger partial charge in [0.05, 0.1) is 19.1 Å². The van der Waals surface area contributed by atoms with Gasteiger partial charge < -0.3 is 14.9 Å². The van der Waals surface area contributed by atoms with E-state index in [1.807, 2.05) is 0 Å². The highest BCUT2D eigenvalue weighted by molar-refractivity contribution is 5.82. The van der Waals surface area contributed by atoms with E-state index in [1.165, 1.54) is 0 Å². The Morgan fingerprint density at radius 2 is 2.05 bits per heavy atom. The highest BCUT2D eigenvalue weighted by Crippen LogP contribution is 2.21. The fourth-order valence-electron chi connectivity index (χ4n) is 2.58. The van der Waals surface area contributed by atoms with Gasteiger partial charge in [0.15, 0.2) is 0 Å². The van der Waals surface area contributed by atoms with Crippen LogP contribution in [0.5, 0.6) is 0 Å². The van der Waals surface area contributed by atoms with E-state index in [0.29, 0.717) is 19.4 Å². The molecule has 1 aliphatic heterocycles. The van der Waals surface area contributed by atoms with Crippen LogP contribution < -0.4 is 0 Å². The molecule has 1 atom stereocenters. The van der Waals surface area contributed by atoms with Crippen LogP contribution in [0.15, 0.2) is 0 Å². The van der Waals surface area contributed by atoms with Crippen LogP contribution in [0.2, 0.25) is 0 Å². The largest absolute Gasteiger partial charge is 0.395 e. The van der Waals surface area contributed by atoms with E-state index in [2.05, 4.69) is 0 Å². The zero-order valence-corrected chi connectivity index (χ0v) is 12.6. The van der Waals surface area contributed by atoms with Gasteiger partial charge in [0, 0.05) is 25.6 Å². The highest BCUT2D eigenvalue weighted by atomic mass is 19.3. The van der Waals surface area contributed by atoms with Crippen molar-refractivity contribution in [2.75, 3.05) is 32.8 Å². The van der Waals surface area contributed by atoms with Crippen LogP contribution in [0.4, 0.5) is 8.78 Å². The number of aliphatic hydroxyl groups excluding tert-OH is 1. The molecule has 0 bridgehead atoms. The number of piperidine rings is 1. The number of carbonyl (C=O) groups excluding carboxylic acids is 2.